The van der Waals surface area contributed by atoms with Crippen LogP contribution in [0.15, 0.2) is 36.7 Å². The van der Waals surface area contributed by atoms with Crippen LogP contribution in [-0.4, -0.2) is 30.5 Å². The number of rotatable bonds is 5. The normalized spacial score (nSPS) is 16.7. The molecule has 2 N–H and O–H groups in total. The summed E-state index contributed by atoms with van der Waals surface area (Å²) in [5, 5.41) is 13.6. The minimum atomic E-state index is -1.35. The average Bonchev–Trinajstić information content (AvgIpc) is 2.90. The molecule has 1 fully saturated rings. The van der Waals surface area contributed by atoms with E-state index in [1.165, 1.54) is 0 Å². The molecule has 0 unspecified atom stereocenters. The van der Waals surface area contributed by atoms with Crippen molar-refractivity contribution in [2.45, 2.75) is 51.2 Å². The van der Waals surface area contributed by atoms with Crippen molar-refractivity contribution in [2.24, 2.45) is 0 Å². The van der Waals surface area contributed by atoms with E-state index in [0.29, 0.717) is 17.7 Å². The van der Waals surface area contributed by atoms with E-state index >= 15 is 0 Å². The van der Waals surface area contributed by atoms with E-state index in [-0.39, 0.29) is 12.3 Å². The summed E-state index contributed by atoms with van der Waals surface area (Å²) in [5.74, 6) is 0.188. The minimum Gasteiger partial charge on any atom is -0.383 e. The van der Waals surface area contributed by atoms with Gasteiger partial charge in [0.05, 0.1) is 12.1 Å². The van der Waals surface area contributed by atoms with Gasteiger partial charge in [0, 0.05) is 18.4 Å². The number of imidazole rings is 1. The molecule has 3 heterocycles. The van der Waals surface area contributed by atoms with Crippen molar-refractivity contribution in [2.75, 3.05) is 5.32 Å². The molecule has 0 bridgehead atoms. The molecule has 7 heteroatoms. The molecule has 0 radical (unpaired) electrons. The third-order valence-corrected chi connectivity index (χ3v) is 5.08. The maximum absolute atomic E-state index is 12.7. The molecule has 0 spiro atoms. The van der Waals surface area contributed by atoms with E-state index < -0.39 is 5.60 Å². The maximum Gasteiger partial charge on any atom is 0.229 e. The molecule has 1 atom stereocenters. The molecule has 1 aliphatic rings. The Morgan fingerprint density at radius 1 is 1.37 bits per heavy atom. The first kappa shape index (κ1) is 17.6. The van der Waals surface area contributed by atoms with Crippen LogP contribution < -0.4 is 5.32 Å². The molecule has 3 aromatic heterocycles. The molecular weight excluding hydrogens is 342 g/mol. The number of hydrogen-bond donors (Lipinski definition) is 2. The zero-order valence-corrected chi connectivity index (χ0v) is 15.5. The number of anilines is 1. The lowest BCUT2D eigenvalue weighted by Crippen LogP contribution is -2.30. The van der Waals surface area contributed by atoms with E-state index in [2.05, 4.69) is 20.3 Å². The molecule has 0 saturated heterocycles. The molecule has 7 nitrogen and oxygen atoms in total. The van der Waals surface area contributed by atoms with Crippen molar-refractivity contribution in [3.63, 3.8) is 0 Å². The van der Waals surface area contributed by atoms with E-state index in [9.17, 15) is 9.90 Å². The number of aryl methyl sites for hydroxylation is 1. The summed E-state index contributed by atoms with van der Waals surface area (Å²) in [5.41, 5.74) is 1.69. The Bertz CT molecular complexity index is 977. The predicted molar refractivity (Wildman–Crippen MR) is 102 cm³/mol. The fraction of sp³-hybridized carbons (Fsp3) is 0.400. The second-order valence-corrected chi connectivity index (χ2v) is 7.46. The Hall–Kier alpha value is -2.80. The van der Waals surface area contributed by atoms with Crippen molar-refractivity contribution >= 4 is 23.0 Å². The Morgan fingerprint density at radius 2 is 2.19 bits per heavy atom. The highest BCUT2D eigenvalue weighted by atomic mass is 16.3. The quantitative estimate of drug-likeness (QED) is 0.725. The summed E-state index contributed by atoms with van der Waals surface area (Å²) in [6.07, 6.45) is 6.58. The zero-order valence-electron chi connectivity index (χ0n) is 15.5. The number of fused-ring (bicyclic) bond motifs is 1. The molecule has 0 aliphatic heterocycles. The largest absolute Gasteiger partial charge is 0.383 e. The standard InChI is InChI=1S/C20H23N5O2/c1-13-10-15-18(22-12-13)25(14-6-5-7-14)19(23-15)24-17(26)11-20(2,27)16-8-3-4-9-21-16/h3-4,8-10,12,14,27H,5-7,11H2,1-2H3,(H,23,24,26)/t20-/m1/s1. The van der Waals surface area contributed by atoms with Gasteiger partial charge in [0.15, 0.2) is 5.65 Å². The van der Waals surface area contributed by atoms with Gasteiger partial charge in [-0.15, -0.1) is 0 Å². The maximum atomic E-state index is 12.7. The van der Waals surface area contributed by atoms with E-state index in [4.69, 9.17) is 0 Å². The summed E-state index contributed by atoms with van der Waals surface area (Å²) in [6, 6.07) is 7.55. The highest BCUT2D eigenvalue weighted by molar-refractivity contribution is 5.91. The van der Waals surface area contributed by atoms with Crippen LogP contribution in [0.25, 0.3) is 11.2 Å². The number of carbonyl (C=O) groups is 1. The molecule has 1 saturated carbocycles. The number of aliphatic hydroxyl groups is 1. The van der Waals surface area contributed by atoms with E-state index in [1.807, 2.05) is 23.8 Å². The summed E-state index contributed by atoms with van der Waals surface area (Å²) < 4.78 is 2.02. The van der Waals surface area contributed by atoms with Crippen LogP contribution in [0.4, 0.5) is 5.95 Å². The second kappa shape index (κ2) is 6.74. The average molecular weight is 365 g/mol. The Balaban J connectivity index is 1.60. The predicted octanol–water partition coefficient (Wildman–Crippen LogP) is 3.10. The monoisotopic (exact) mass is 365 g/mol. The third kappa shape index (κ3) is 3.42. The summed E-state index contributed by atoms with van der Waals surface area (Å²) >= 11 is 0. The molecule has 140 valence electrons. The Labute approximate surface area is 157 Å². The van der Waals surface area contributed by atoms with Crippen LogP contribution in [0, 0.1) is 6.92 Å². The van der Waals surface area contributed by atoms with Gasteiger partial charge in [0.2, 0.25) is 11.9 Å². The zero-order chi connectivity index (χ0) is 19.0. The van der Waals surface area contributed by atoms with E-state index in [1.54, 1.807) is 31.3 Å². The smallest absolute Gasteiger partial charge is 0.229 e. The van der Waals surface area contributed by atoms with Crippen molar-refractivity contribution in [1.82, 2.24) is 19.5 Å². The molecule has 1 amide bonds. The fourth-order valence-electron chi connectivity index (χ4n) is 3.42. The summed E-state index contributed by atoms with van der Waals surface area (Å²) in [7, 11) is 0. The Morgan fingerprint density at radius 3 is 2.85 bits per heavy atom. The second-order valence-electron chi connectivity index (χ2n) is 7.46. The van der Waals surface area contributed by atoms with Gasteiger partial charge in [0.25, 0.3) is 0 Å². The first-order valence-electron chi connectivity index (χ1n) is 9.22. The van der Waals surface area contributed by atoms with Gasteiger partial charge in [-0.05, 0) is 56.9 Å². The molecule has 1 aliphatic carbocycles. The van der Waals surface area contributed by atoms with Crippen LogP contribution in [0.5, 0.6) is 0 Å². The van der Waals surface area contributed by atoms with Crippen LogP contribution in [-0.2, 0) is 10.4 Å². The molecular formula is C20H23N5O2. The Kier molecular flexibility index (Phi) is 4.39. The van der Waals surface area contributed by atoms with Crippen LogP contribution in [0.3, 0.4) is 0 Å². The topological polar surface area (TPSA) is 92.9 Å². The van der Waals surface area contributed by atoms with Gasteiger partial charge in [-0.25, -0.2) is 9.97 Å². The summed E-state index contributed by atoms with van der Waals surface area (Å²) in [4.78, 5) is 25.9. The van der Waals surface area contributed by atoms with Crippen molar-refractivity contribution in [3.8, 4) is 0 Å². The van der Waals surface area contributed by atoms with Gasteiger partial charge in [-0.1, -0.05) is 6.07 Å². The van der Waals surface area contributed by atoms with Crippen molar-refractivity contribution < 1.29 is 9.90 Å². The third-order valence-electron chi connectivity index (χ3n) is 5.08. The van der Waals surface area contributed by atoms with Crippen LogP contribution >= 0.6 is 0 Å². The van der Waals surface area contributed by atoms with Gasteiger partial charge in [-0.3, -0.25) is 19.7 Å². The number of pyridine rings is 2. The van der Waals surface area contributed by atoms with Crippen LogP contribution in [0.1, 0.15) is 49.9 Å². The first-order valence-corrected chi connectivity index (χ1v) is 9.22. The lowest BCUT2D eigenvalue weighted by Gasteiger charge is -2.28. The van der Waals surface area contributed by atoms with Crippen molar-refractivity contribution in [1.29, 1.82) is 0 Å². The number of hydrogen-bond acceptors (Lipinski definition) is 5. The lowest BCUT2D eigenvalue weighted by atomic mass is 9.93. The van der Waals surface area contributed by atoms with Gasteiger partial charge in [0.1, 0.15) is 11.1 Å². The van der Waals surface area contributed by atoms with Gasteiger partial charge < -0.3 is 5.11 Å². The number of aromatic nitrogens is 4. The minimum absolute atomic E-state index is 0.107. The SMILES string of the molecule is Cc1cnc2c(c1)nc(NC(=O)C[C@@](C)(O)c1ccccn1)n2C1CCC1. The summed E-state index contributed by atoms with van der Waals surface area (Å²) in [6.45, 7) is 3.56. The number of nitrogens with one attached hydrogen (secondary N) is 1. The van der Waals surface area contributed by atoms with Crippen LogP contribution in [0.2, 0.25) is 0 Å². The lowest BCUT2D eigenvalue weighted by molar-refractivity contribution is -0.121. The number of amides is 1. The van der Waals surface area contributed by atoms with Gasteiger partial charge in [-0.2, -0.15) is 0 Å². The number of nitrogens with zero attached hydrogens (tertiary/aromatic N) is 4. The molecule has 3 aromatic rings. The van der Waals surface area contributed by atoms with Gasteiger partial charge >= 0.3 is 0 Å². The highest BCUT2D eigenvalue weighted by Crippen LogP contribution is 2.37. The highest BCUT2D eigenvalue weighted by Gasteiger charge is 2.30. The van der Waals surface area contributed by atoms with E-state index in [0.717, 1.165) is 36.0 Å². The number of carbonyl (C=O) groups excluding carboxylic acids is 1. The molecule has 4 rings (SSSR count). The molecule has 0 aromatic carbocycles. The fourth-order valence-corrected chi connectivity index (χ4v) is 3.42. The molecule has 27 heavy (non-hydrogen) atoms. The van der Waals surface area contributed by atoms with Crippen molar-refractivity contribution in [3.05, 3.63) is 47.9 Å². The first-order chi connectivity index (χ1) is 12.9.